The lowest BCUT2D eigenvalue weighted by atomic mass is 10.2. The largest absolute Gasteiger partial charge is 0.494 e. The van der Waals surface area contributed by atoms with Crippen LogP contribution >= 0.6 is 11.3 Å². The molecule has 1 heterocycles. The third-order valence-corrected chi connectivity index (χ3v) is 8.60. The number of nitrogens with zero attached hydrogens (tertiary/aromatic N) is 3. The summed E-state index contributed by atoms with van der Waals surface area (Å²) in [5, 5.41) is 0. The summed E-state index contributed by atoms with van der Waals surface area (Å²) in [4.78, 5) is 18.0. The molecule has 4 aromatic rings. The molecule has 1 aromatic heterocycles. The van der Waals surface area contributed by atoms with Gasteiger partial charge in [0.25, 0.3) is 5.91 Å². The van der Waals surface area contributed by atoms with Gasteiger partial charge in [0.2, 0.25) is 10.0 Å². The Morgan fingerprint density at radius 3 is 2.46 bits per heavy atom. The fourth-order valence-electron chi connectivity index (χ4n) is 3.82. The van der Waals surface area contributed by atoms with Gasteiger partial charge in [0.1, 0.15) is 5.75 Å². The maximum atomic E-state index is 13.0. The van der Waals surface area contributed by atoms with Gasteiger partial charge in [0.15, 0.2) is 4.80 Å². The fourth-order valence-corrected chi connectivity index (χ4v) is 6.06. The Morgan fingerprint density at radius 1 is 1.05 bits per heavy atom. The number of aromatic nitrogens is 1. The second kappa shape index (κ2) is 11.8. The van der Waals surface area contributed by atoms with Crippen molar-refractivity contribution in [3.8, 4) is 5.75 Å². The van der Waals surface area contributed by atoms with Crippen LogP contribution in [-0.4, -0.2) is 50.6 Å². The molecule has 3 aromatic carbocycles. The van der Waals surface area contributed by atoms with E-state index in [4.69, 9.17) is 9.47 Å². The van der Waals surface area contributed by atoms with Crippen molar-refractivity contribution in [1.82, 2.24) is 8.87 Å². The highest BCUT2D eigenvalue weighted by Crippen LogP contribution is 2.24. The monoisotopic (exact) mass is 539 g/mol. The number of benzene rings is 3. The first kappa shape index (κ1) is 26.7. The molecule has 0 fully saturated rings. The molecule has 194 valence electrons. The number of fused-ring (bicyclic) bond motifs is 1. The lowest BCUT2D eigenvalue weighted by molar-refractivity contribution is 0.0997. The van der Waals surface area contributed by atoms with Gasteiger partial charge in [-0.2, -0.15) is 9.30 Å². The lowest BCUT2D eigenvalue weighted by Gasteiger charge is -2.17. The number of carbonyl (C=O) groups is 1. The minimum Gasteiger partial charge on any atom is -0.494 e. The van der Waals surface area contributed by atoms with Gasteiger partial charge in [-0.25, -0.2) is 8.42 Å². The van der Waals surface area contributed by atoms with E-state index in [1.54, 1.807) is 7.11 Å². The number of ether oxygens (including phenoxy) is 2. The van der Waals surface area contributed by atoms with Crippen LogP contribution in [0, 0.1) is 0 Å². The summed E-state index contributed by atoms with van der Waals surface area (Å²) in [7, 11) is -0.560. The first-order chi connectivity index (χ1) is 17.8. The summed E-state index contributed by atoms with van der Waals surface area (Å²) in [6.07, 6.45) is 0. The van der Waals surface area contributed by atoms with E-state index >= 15 is 0 Å². The van der Waals surface area contributed by atoms with Gasteiger partial charge < -0.3 is 14.0 Å². The third-order valence-electron chi connectivity index (χ3n) is 5.74. The molecular formula is C27H29N3O5S2. The Bertz CT molecular complexity index is 1540. The van der Waals surface area contributed by atoms with Crippen LogP contribution < -0.4 is 9.54 Å². The molecule has 8 nitrogen and oxygen atoms in total. The number of amides is 1. The zero-order chi connectivity index (χ0) is 26.4. The number of methoxy groups -OCH3 is 1. The van der Waals surface area contributed by atoms with Crippen molar-refractivity contribution in [2.75, 3.05) is 27.4 Å². The average Bonchev–Trinajstić information content (AvgIpc) is 3.24. The topological polar surface area (TPSA) is 90.2 Å². The van der Waals surface area contributed by atoms with Crippen molar-refractivity contribution < 1.29 is 22.7 Å². The number of carbonyl (C=O) groups excluding carboxylic acids is 1. The number of sulfonamides is 1. The highest BCUT2D eigenvalue weighted by atomic mass is 32.2. The van der Waals surface area contributed by atoms with Crippen molar-refractivity contribution in [3.05, 3.63) is 88.7 Å². The smallest absolute Gasteiger partial charge is 0.279 e. The summed E-state index contributed by atoms with van der Waals surface area (Å²) in [6, 6.07) is 21.0. The van der Waals surface area contributed by atoms with Crippen molar-refractivity contribution >= 4 is 37.5 Å². The van der Waals surface area contributed by atoms with Gasteiger partial charge in [0.05, 0.1) is 28.3 Å². The van der Waals surface area contributed by atoms with E-state index in [2.05, 4.69) is 4.99 Å². The van der Waals surface area contributed by atoms with Crippen LogP contribution in [0.25, 0.3) is 10.2 Å². The van der Waals surface area contributed by atoms with Crippen LogP contribution in [0.5, 0.6) is 5.75 Å². The second-order valence-corrected chi connectivity index (χ2v) is 11.3. The first-order valence-electron chi connectivity index (χ1n) is 11.8. The van der Waals surface area contributed by atoms with Crippen LogP contribution in [0.2, 0.25) is 0 Å². The summed E-state index contributed by atoms with van der Waals surface area (Å²) in [5.74, 6) is 0.298. The predicted molar refractivity (Wildman–Crippen MR) is 144 cm³/mol. The Balaban J connectivity index is 1.60. The standard InChI is InChI=1S/C27H29N3O5S2/c1-4-35-22-12-15-24-25(18-22)36-27(30(24)16-17-34-3)28-26(31)21-10-13-23(14-11-21)37(32,33)29(2)19-20-8-6-5-7-9-20/h5-15,18H,4,16-17,19H2,1-3H3. The van der Waals surface area contributed by atoms with Gasteiger partial charge in [-0.05, 0) is 55.0 Å². The molecule has 0 unspecified atom stereocenters. The average molecular weight is 540 g/mol. The third kappa shape index (κ3) is 6.16. The predicted octanol–water partition coefficient (Wildman–Crippen LogP) is 4.31. The zero-order valence-corrected chi connectivity index (χ0v) is 22.6. The van der Waals surface area contributed by atoms with E-state index in [9.17, 15) is 13.2 Å². The van der Waals surface area contributed by atoms with E-state index in [0.29, 0.717) is 30.1 Å². The summed E-state index contributed by atoms with van der Waals surface area (Å²) in [6.45, 7) is 3.72. The molecule has 10 heteroatoms. The van der Waals surface area contributed by atoms with Gasteiger partial charge in [-0.1, -0.05) is 41.7 Å². The van der Waals surface area contributed by atoms with Gasteiger partial charge >= 0.3 is 0 Å². The zero-order valence-electron chi connectivity index (χ0n) is 21.0. The maximum Gasteiger partial charge on any atom is 0.279 e. The maximum absolute atomic E-state index is 13.0. The van der Waals surface area contributed by atoms with E-state index in [-0.39, 0.29) is 11.4 Å². The van der Waals surface area contributed by atoms with E-state index in [0.717, 1.165) is 21.5 Å². The first-order valence-corrected chi connectivity index (χ1v) is 14.0. The highest BCUT2D eigenvalue weighted by Gasteiger charge is 2.21. The van der Waals surface area contributed by atoms with Crippen LogP contribution in [0.4, 0.5) is 0 Å². The van der Waals surface area contributed by atoms with E-state index < -0.39 is 15.9 Å². The van der Waals surface area contributed by atoms with Crippen LogP contribution in [0.1, 0.15) is 22.8 Å². The molecule has 0 aliphatic rings. The minimum atomic E-state index is -3.72. The Labute approximate surface area is 220 Å². The summed E-state index contributed by atoms with van der Waals surface area (Å²) < 4.78 is 41.1. The van der Waals surface area contributed by atoms with Crippen LogP contribution in [0.3, 0.4) is 0 Å². The SMILES string of the molecule is CCOc1ccc2c(c1)sc(=NC(=O)c1ccc(S(=O)(=O)N(C)Cc3ccccc3)cc1)n2CCOC. The fraction of sp³-hybridized carbons (Fsp3) is 0.259. The Kier molecular flexibility index (Phi) is 8.55. The van der Waals surface area contributed by atoms with Crippen molar-refractivity contribution in [1.29, 1.82) is 0 Å². The molecule has 1 amide bonds. The molecule has 0 N–H and O–H groups in total. The molecular weight excluding hydrogens is 510 g/mol. The van der Waals surface area contributed by atoms with Crippen molar-refractivity contribution in [2.45, 2.75) is 24.9 Å². The number of rotatable bonds is 10. The number of hydrogen-bond donors (Lipinski definition) is 0. The summed E-state index contributed by atoms with van der Waals surface area (Å²) in [5.41, 5.74) is 2.12. The molecule has 0 radical (unpaired) electrons. The Hall–Kier alpha value is -3.31. The molecule has 4 rings (SSSR count). The molecule has 0 aliphatic carbocycles. The van der Waals surface area contributed by atoms with Crippen molar-refractivity contribution in [3.63, 3.8) is 0 Å². The van der Waals surface area contributed by atoms with Crippen LogP contribution in [-0.2, 0) is 27.8 Å². The molecule has 37 heavy (non-hydrogen) atoms. The van der Waals surface area contributed by atoms with Gasteiger partial charge in [0, 0.05) is 32.8 Å². The molecule has 0 aliphatic heterocycles. The van der Waals surface area contributed by atoms with E-state index in [1.165, 1.54) is 47.0 Å². The van der Waals surface area contributed by atoms with E-state index in [1.807, 2.05) is 60.0 Å². The van der Waals surface area contributed by atoms with Gasteiger partial charge in [-0.3, -0.25) is 4.79 Å². The molecule has 0 saturated heterocycles. The van der Waals surface area contributed by atoms with Gasteiger partial charge in [-0.15, -0.1) is 0 Å². The molecule has 0 atom stereocenters. The summed E-state index contributed by atoms with van der Waals surface area (Å²) >= 11 is 1.39. The molecule has 0 spiro atoms. The number of hydrogen-bond acceptors (Lipinski definition) is 6. The quantitative estimate of drug-likeness (QED) is 0.300. The molecule has 0 saturated carbocycles. The number of thiazole rings is 1. The van der Waals surface area contributed by atoms with Crippen molar-refractivity contribution in [2.24, 2.45) is 4.99 Å². The lowest BCUT2D eigenvalue weighted by Crippen LogP contribution is -2.26. The normalized spacial score (nSPS) is 12.4. The minimum absolute atomic E-state index is 0.114. The second-order valence-electron chi connectivity index (χ2n) is 8.28. The molecule has 0 bridgehead atoms. The van der Waals surface area contributed by atoms with Crippen LogP contribution in [0.15, 0.2) is 82.7 Å². The highest BCUT2D eigenvalue weighted by molar-refractivity contribution is 7.89. The Morgan fingerprint density at radius 2 is 1.78 bits per heavy atom.